The number of hydrogen-bond donors (Lipinski definition) is 2. The Morgan fingerprint density at radius 3 is 2.88 bits per heavy atom. The van der Waals surface area contributed by atoms with Gasteiger partial charge in [-0.3, -0.25) is 19.4 Å². The van der Waals surface area contributed by atoms with Gasteiger partial charge < -0.3 is 5.11 Å². The van der Waals surface area contributed by atoms with Crippen molar-refractivity contribution in [1.82, 2.24) is 20.0 Å². The second kappa shape index (κ2) is 7.45. The summed E-state index contributed by atoms with van der Waals surface area (Å²) in [6, 6.07) is 12.3. The zero-order chi connectivity index (χ0) is 22.5. The highest BCUT2D eigenvalue weighted by molar-refractivity contribution is 5.87. The predicted molar refractivity (Wildman–Crippen MR) is 114 cm³/mol. The smallest absolute Gasteiger partial charge is 0.325 e. The Kier molecular flexibility index (Phi) is 4.70. The van der Waals surface area contributed by atoms with Crippen molar-refractivity contribution in [2.24, 2.45) is 17.8 Å². The van der Waals surface area contributed by atoms with E-state index in [1.165, 1.54) is 4.68 Å². The lowest BCUT2D eigenvalue weighted by atomic mass is 9.51. The van der Waals surface area contributed by atoms with Crippen molar-refractivity contribution in [3.8, 4) is 17.3 Å². The SMILES string of the molecule is C[C@@H]1C(=O)C(C#N)C[C@@]2(c3ccccc3)c3n[nH]c(-c4cnn(CC(=O)O)c4)c3CCC12. The van der Waals surface area contributed by atoms with E-state index >= 15 is 0 Å². The number of carboxylic acid groups (broad SMARTS) is 1. The van der Waals surface area contributed by atoms with Crippen molar-refractivity contribution in [3.05, 3.63) is 59.5 Å². The van der Waals surface area contributed by atoms with Crippen LogP contribution in [0.15, 0.2) is 42.7 Å². The summed E-state index contributed by atoms with van der Waals surface area (Å²) in [4.78, 5) is 23.9. The van der Waals surface area contributed by atoms with E-state index in [9.17, 15) is 14.9 Å². The van der Waals surface area contributed by atoms with Gasteiger partial charge in [-0.1, -0.05) is 37.3 Å². The van der Waals surface area contributed by atoms with Gasteiger partial charge in [0.25, 0.3) is 0 Å². The highest BCUT2D eigenvalue weighted by Crippen LogP contribution is 2.56. The summed E-state index contributed by atoms with van der Waals surface area (Å²) in [7, 11) is 0. The normalized spacial score (nSPS) is 26.8. The molecule has 8 heteroatoms. The molecule has 2 aliphatic carbocycles. The van der Waals surface area contributed by atoms with E-state index in [-0.39, 0.29) is 24.2 Å². The number of benzene rings is 1. The number of carboxylic acids is 1. The number of carbonyl (C=O) groups excluding carboxylic acids is 1. The first kappa shape index (κ1) is 20.2. The number of aromatic amines is 1. The molecule has 32 heavy (non-hydrogen) atoms. The Morgan fingerprint density at radius 2 is 2.16 bits per heavy atom. The van der Waals surface area contributed by atoms with E-state index in [0.29, 0.717) is 6.42 Å². The molecule has 5 rings (SSSR count). The second-order valence-corrected chi connectivity index (χ2v) is 8.81. The molecule has 162 valence electrons. The van der Waals surface area contributed by atoms with Crippen LogP contribution >= 0.6 is 0 Å². The zero-order valence-electron chi connectivity index (χ0n) is 17.7. The number of Topliss-reactive ketones (excluding diaryl/α,β-unsaturated/α-hetero) is 1. The van der Waals surface area contributed by atoms with Crippen LogP contribution in [0, 0.1) is 29.1 Å². The fourth-order valence-electron chi connectivity index (χ4n) is 5.83. The molecule has 0 aliphatic heterocycles. The molecular weight excluding hydrogens is 406 g/mol. The van der Waals surface area contributed by atoms with Crippen LogP contribution in [-0.4, -0.2) is 36.8 Å². The molecule has 3 aromatic rings. The summed E-state index contributed by atoms with van der Waals surface area (Å²) in [5.41, 5.74) is 4.08. The first-order valence-electron chi connectivity index (χ1n) is 10.8. The monoisotopic (exact) mass is 429 g/mol. The minimum absolute atomic E-state index is 0.0261. The molecule has 2 N–H and O–H groups in total. The lowest BCUT2D eigenvalue weighted by molar-refractivity contribution is -0.138. The van der Waals surface area contributed by atoms with Crippen LogP contribution in [0.2, 0.25) is 0 Å². The molecule has 4 atom stereocenters. The molecule has 1 fully saturated rings. The van der Waals surface area contributed by atoms with Crippen LogP contribution < -0.4 is 0 Å². The van der Waals surface area contributed by atoms with Crippen molar-refractivity contribution >= 4 is 11.8 Å². The van der Waals surface area contributed by atoms with E-state index in [1.807, 2.05) is 25.1 Å². The molecule has 2 aliphatic rings. The molecular formula is C24H23N5O3. The molecule has 0 saturated heterocycles. The Labute approximate surface area is 184 Å². The molecule has 8 nitrogen and oxygen atoms in total. The number of aromatic nitrogens is 4. The number of hydrogen-bond acceptors (Lipinski definition) is 5. The first-order valence-corrected chi connectivity index (χ1v) is 10.8. The van der Waals surface area contributed by atoms with Crippen LogP contribution in [0.4, 0.5) is 0 Å². The number of aliphatic carboxylic acids is 1. The van der Waals surface area contributed by atoms with E-state index < -0.39 is 17.3 Å². The van der Waals surface area contributed by atoms with Crippen molar-refractivity contribution in [2.75, 3.05) is 0 Å². The van der Waals surface area contributed by atoms with Gasteiger partial charge in [-0.05, 0) is 30.7 Å². The van der Waals surface area contributed by atoms with Crippen molar-refractivity contribution in [1.29, 1.82) is 5.26 Å². The number of nitrogens with zero attached hydrogens (tertiary/aromatic N) is 4. The van der Waals surface area contributed by atoms with Crippen LogP contribution in [0.25, 0.3) is 11.3 Å². The van der Waals surface area contributed by atoms with Crippen LogP contribution in [-0.2, 0) is 28.0 Å². The van der Waals surface area contributed by atoms with Gasteiger partial charge in [-0.2, -0.15) is 15.5 Å². The molecule has 0 spiro atoms. The first-order chi connectivity index (χ1) is 15.5. The van der Waals surface area contributed by atoms with Gasteiger partial charge in [-0.25, -0.2) is 0 Å². The number of ketones is 1. The van der Waals surface area contributed by atoms with Crippen LogP contribution in [0.5, 0.6) is 0 Å². The lowest BCUT2D eigenvalue weighted by Crippen LogP contribution is -2.52. The van der Waals surface area contributed by atoms with Crippen molar-refractivity contribution < 1.29 is 14.7 Å². The van der Waals surface area contributed by atoms with Gasteiger partial charge in [0.15, 0.2) is 5.78 Å². The predicted octanol–water partition coefficient (Wildman–Crippen LogP) is 2.95. The average molecular weight is 429 g/mol. The van der Waals surface area contributed by atoms with Gasteiger partial charge in [0, 0.05) is 28.7 Å². The number of fused-ring (bicyclic) bond motifs is 3. The van der Waals surface area contributed by atoms with Crippen molar-refractivity contribution in [3.63, 3.8) is 0 Å². The maximum atomic E-state index is 12.9. The lowest BCUT2D eigenvalue weighted by Gasteiger charge is -2.50. The minimum atomic E-state index is -0.958. The third-order valence-electron chi connectivity index (χ3n) is 7.21. The number of carbonyl (C=O) groups is 2. The summed E-state index contributed by atoms with van der Waals surface area (Å²) < 4.78 is 1.39. The largest absolute Gasteiger partial charge is 0.480 e. The molecule has 0 amide bonds. The molecule has 0 bridgehead atoms. The van der Waals surface area contributed by atoms with Gasteiger partial charge in [0.05, 0.1) is 23.7 Å². The second-order valence-electron chi connectivity index (χ2n) is 8.81. The summed E-state index contributed by atoms with van der Waals surface area (Å²) in [5, 5.41) is 30.9. The van der Waals surface area contributed by atoms with Gasteiger partial charge in [0.2, 0.25) is 0 Å². The maximum absolute atomic E-state index is 12.9. The fraction of sp³-hybridized carbons (Fsp3) is 0.375. The Bertz CT molecular complexity index is 1240. The molecule has 0 radical (unpaired) electrons. The van der Waals surface area contributed by atoms with Gasteiger partial charge in [-0.15, -0.1) is 0 Å². The number of rotatable bonds is 4. The standard InChI is InChI=1S/C24H23N5O3/c1-14-19-8-7-18-21(16-11-26-29(12-16)13-20(30)31)27-28-23(18)24(19,9-15(10-25)22(14)32)17-5-3-2-4-6-17/h2-6,11-12,14-15,19H,7-9,13H2,1H3,(H,27,28)(H,30,31)/t14-,15?,19?,24-/m0/s1. The number of nitriles is 1. The summed E-state index contributed by atoms with van der Waals surface area (Å²) in [6.45, 7) is 1.73. The summed E-state index contributed by atoms with van der Waals surface area (Å²) >= 11 is 0. The highest BCUT2D eigenvalue weighted by Gasteiger charge is 2.57. The molecule has 2 aromatic heterocycles. The third-order valence-corrected chi connectivity index (χ3v) is 7.21. The third kappa shape index (κ3) is 2.88. The highest BCUT2D eigenvalue weighted by atomic mass is 16.4. The van der Waals surface area contributed by atoms with Gasteiger partial charge >= 0.3 is 5.97 Å². The summed E-state index contributed by atoms with van der Waals surface area (Å²) in [5.74, 6) is -1.79. The molecule has 1 saturated carbocycles. The fourth-order valence-corrected chi connectivity index (χ4v) is 5.83. The number of nitrogens with one attached hydrogen (secondary N) is 1. The molecule has 1 aromatic carbocycles. The average Bonchev–Trinajstić information content (AvgIpc) is 3.43. The minimum Gasteiger partial charge on any atom is -0.480 e. The van der Waals surface area contributed by atoms with Crippen LogP contribution in [0.3, 0.4) is 0 Å². The Balaban J connectivity index is 1.67. The summed E-state index contributed by atoms with van der Waals surface area (Å²) in [6.07, 6.45) is 5.32. The van der Waals surface area contributed by atoms with E-state index in [1.54, 1.807) is 12.4 Å². The van der Waals surface area contributed by atoms with E-state index in [0.717, 1.165) is 40.9 Å². The quantitative estimate of drug-likeness (QED) is 0.657. The molecule has 2 heterocycles. The van der Waals surface area contributed by atoms with E-state index in [2.05, 4.69) is 28.4 Å². The van der Waals surface area contributed by atoms with Crippen molar-refractivity contribution in [2.45, 2.75) is 38.1 Å². The Hall–Kier alpha value is -3.73. The molecule has 2 unspecified atom stereocenters. The number of H-pyrrole nitrogens is 1. The maximum Gasteiger partial charge on any atom is 0.325 e. The van der Waals surface area contributed by atoms with Crippen LogP contribution in [0.1, 0.15) is 36.6 Å². The van der Waals surface area contributed by atoms with Gasteiger partial charge in [0.1, 0.15) is 12.5 Å². The van der Waals surface area contributed by atoms with E-state index in [4.69, 9.17) is 10.2 Å². The Morgan fingerprint density at radius 1 is 1.38 bits per heavy atom. The zero-order valence-corrected chi connectivity index (χ0v) is 17.7. The topological polar surface area (TPSA) is 125 Å².